The van der Waals surface area contributed by atoms with Crippen LogP contribution in [-0.4, -0.2) is 12.8 Å². The summed E-state index contributed by atoms with van der Waals surface area (Å²) in [5.41, 5.74) is 1.57. The van der Waals surface area contributed by atoms with E-state index in [0.717, 1.165) is 21.9 Å². The second kappa shape index (κ2) is 2.61. The summed E-state index contributed by atoms with van der Waals surface area (Å²) in [6.45, 7) is 0. The van der Waals surface area contributed by atoms with Gasteiger partial charge in [0.25, 0.3) is 0 Å². The first-order valence-electron chi connectivity index (χ1n) is 4.38. The number of oxazole rings is 1. The molecule has 0 N–H and O–H groups in total. The molecule has 14 heavy (non-hydrogen) atoms. The Morgan fingerprint density at radius 1 is 1.07 bits per heavy atom. The van der Waals surface area contributed by atoms with Crippen LogP contribution in [0.1, 0.15) is 0 Å². The van der Waals surface area contributed by atoms with Crippen LogP contribution < -0.4 is 5.79 Å². The smallest absolute Gasteiger partial charge is 0.197 e. The highest BCUT2D eigenvalue weighted by atomic mass is 16.3. The van der Waals surface area contributed by atoms with Crippen LogP contribution in [0.2, 0.25) is 0 Å². The van der Waals surface area contributed by atoms with Crippen molar-refractivity contribution < 1.29 is 4.42 Å². The first-order valence-corrected chi connectivity index (χ1v) is 4.38. The molecule has 1 heterocycles. The molecule has 0 saturated heterocycles. The Bertz CT molecular complexity index is 615. The van der Waals surface area contributed by atoms with Crippen LogP contribution in [0.4, 0.5) is 0 Å². The largest absolute Gasteiger partial charge is 0.452 e. The van der Waals surface area contributed by atoms with Gasteiger partial charge in [0.1, 0.15) is 11.3 Å². The van der Waals surface area contributed by atoms with Crippen molar-refractivity contribution in [1.29, 1.82) is 0 Å². The Balaban J connectivity index is 2.60. The van der Waals surface area contributed by atoms with Crippen molar-refractivity contribution in [3.8, 4) is 0 Å². The van der Waals surface area contributed by atoms with Crippen LogP contribution in [-0.2, 0) is 0 Å². The molecule has 0 aliphatic rings. The molecule has 1 aromatic heterocycles. The molecule has 0 atom stereocenters. The van der Waals surface area contributed by atoms with E-state index < -0.39 is 0 Å². The predicted octanol–water partition coefficient (Wildman–Crippen LogP) is 1.77. The Morgan fingerprint density at radius 3 is 2.86 bits per heavy atom. The molecule has 64 valence electrons. The van der Waals surface area contributed by atoms with Gasteiger partial charge in [-0.1, -0.05) is 30.3 Å². The lowest BCUT2D eigenvalue weighted by Crippen LogP contribution is -1.99. The first kappa shape index (κ1) is 7.62. The van der Waals surface area contributed by atoms with Gasteiger partial charge in [-0.15, -0.1) is 0 Å². The maximum Gasteiger partial charge on any atom is 0.197 e. The van der Waals surface area contributed by atoms with Gasteiger partial charge < -0.3 is 4.42 Å². The zero-order valence-electron chi connectivity index (χ0n) is 7.40. The number of aromatic nitrogens is 1. The van der Waals surface area contributed by atoms with Crippen molar-refractivity contribution in [1.82, 2.24) is 4.98 Å². The summed E-state index contributed by atoms with van der Waals surface area (Å²) >= 11 is 0. The standard InChI is InChI=1S/C11H6BNO/c12-11-13-9-6-5-7-3-1-2-4-8(7)10(9)14-11/h1-6H. The SMILES string of the molecule is [B]c1nc2ccc3ccccc3c2o1. The van der Waals surface area contributed by atoms with Gasteiger partial charge in [0.2, 0.25) is 0 Å². The average Bonchev–Trinajstić information content (AvgIpc) is 2.59. The Morgan fingerprint density at radius 2 is 1.93 bits per heavy atom. The van der Waals surface area contributed by atoms with Crippen molar-refractivity contribution in [3.63, 3.8) is 0 Å². The number of fused-ring (bicyclic) bond motifs is 3. The van der Waals surface area contributed by atoms with Crippen LogP contribution in [0, 0.1) is 0 Å². The van der Waals surface area contributed by atoms with Crippen molar-refractivity contribution in [2.24, 2.45) is 0 Å². The first-order chi connectivity index (χ1) is 6.84. The van der Waals surface area contributed by atoms with E-state index >= 15 is 0 Å². The summed E-state index contributed by atoms with van der Waals surface area (Å²) in [6, 6.07) is 11.9. The van der Waals surface area contributed by atoms with E-state index in [-0.39, 0.29) is 5.79 Å². The van der Waals surface area contributed by atoms with Crippen LogP contribution in [0.25, 0.3) is 21.9 Å². The number of hydrogen-bond acceptors (Lipinski definition) is 2. The van der Waals surface area contributed by atoms with Crippen LogP contribution in [0.5, 0.6) is 0 Å². The second-order valence-electron chi connectivity index (χ2n) is 3.19. The Labute approximate surface area is 82.0 Å². The molecule has 0 saturated carbocycles. The van der Waals surface area contributed by atoms with E-state index in [2.05, 4.69) is 4.98 Å². The van der Waals surface area contributed by atoms with Gasteiger partial charge in [-0.3, -0.25) is 0 Å². The van der Waals surface area contributed by atoms with E-state index in [0.29, 0.717) is 0 Å². The molecule has 0 aliphatic carbocycles. The molecular weight excluding hydrogens is 173 g/mol. The lowest BCUT2D eigenvalue weighted by atomic mass is 10.1. The molecule has 0 spiro atoms. The van der Waals surface area contributed by atoms with E-state index in [1.807, 2.05) is 36.4 Å². The molecule has 3 aromatic rings. The maximum atomic E-state index is 5.50. The lowest BCUT2D eigenvalue weighted by Gasteiger charge is -1.95. The van der Waals surface area contributed by atoms with Gasteiger partial charge in [0.15, 0.2) is 13.4 Å². The summed E-state index contributed by atoms with van der Waals surface area (Å²) in [6.07, 6.45) is 0. The van der Waals surface area contributed by atoms with Crippen LogP contribution >= 0.6 is 0 Å². The molecule has 0 aliphatic heterocycles. The molecular formula is C11H6BNO. The normalized spacial score (nSPS) is 11.1. The van der Waals surface area contributed by atoms with E-state index in [1.54, 1.807) is 0 Å². The number of nitrogens with zero attached hydrogens (tertiary/aromatic N) is 1. The average molecular weight is 179 g/mol. The Kier molecular flexibility index (Phi) is 1.42. The minimum atomic E-state index is 0.219. The predicted molar refractivity (Wildman–Crippen MR) is 56.9 cm³/mol. The quantitative estimate of drug-likeness (QED) is 0.491. The second-order valence-corrected chi connectivity index (χ2v) is 3.19. The van der Waals surface area contributed by atoms with Crippen molar-refractivity contribution in [3.05, 3.63) is 36.4 Å². The summed E-state index contributed by atoms with van der Waals surface area (Å²) in [4.78, 5) is 4.07. The van der Waals surface area contributed by atoms with E-state index in [4.69, 9.17) is 12.3 Å². The molecule has 3 heteroatoms. The molecule has 0 unspecified atom stereocenters. The monoisotopic (exact) mass is 179 g/mol. The molecule has 3 rings (SSSR count). The number of benzene rings is 2. The number of rotatable bonds is 0. The third kappa shape index (κ3) is 0.955. The minimum absolute atomic E-state index is 0.219. The highest BCUT2D eigenvalue weighted by Crippen LogP contribution is 2.23. The highest BCUT2D eigenvalue weighted by molar-refractivity contribution is 6.29. The Hall–Kier alpha value is -1.77. The van der Waals surface area contributed by atoms with Crippen molar-refractivity contribution in [2.75, 3.05) is 0 Å². The highest BCUT2D eigenvalue weighted by Gasteiger charge is 2.04. The van der Waals surface area contributed by atoms with Crippen LogP contribution in [0.3, 0.4) is 0 Å². The number of hydrogen-bond donors (Lipinski definition) is 0. The molecule has 2 aromatic carbocycles. The molecule has 0 amide bonds. The lowest BCUT2D eigenvalue weighted by molar-refractivity contribution is 0.647. The molecule has 2 radical (unpaired) electrons. The van der Waals surface area contributed by atoms with Crippen molar-refractivity contribution >= 4 is 35.5 Å². The topological polar surface area (TPSA) is 26.0 Å². The fraction of sp³-hybridized carbons (Fsp3) is 0. The van der Waals surface area contributed by atoms with Crippen molar-refractivity contribution in [2.45, 2.75) is 0 Å². The van der Waals surface area contributed by atoms with Gasteiger partial charge in [0.05, 0.1) is 0 Å². The summed E-state index contributed by atoms with van der Waals surface area (Å²) < 4.78 is 5.35. The van der Waals surface area contributed by atoms with Gasteiger partial charge in [-0.05, 0) is 11.5 Å². The third-order valence-electron chi connectivity index (χ3n) is 2.30. The molecule has 0 fully saturated rings. The fourth-order valence-corrected chi connectivity index (χ4v) is 1.67. The maximum absolute atomic E-state index is 5.50. The zero-order chi connectivity index (χ0) is 9.54. The van der Waals surface area contributed by atoms with Crippen LogP contribution in [0.15, 0.2) is 40.8 Å². The summed E-state index contributed by atoms with van der Waals surface area (Å²) in [5.74, 6) is 0.219. The van der Waals surface area contributed by atoms with Gasteiger partial charge >= 0.3 is 0 Å². The van der Waals surface area contributed by atoms with Gasteiger partial charge in [0, 0.05) is 5.39 Å². The summed E-state index contributed by atoms with van der Waals surface area (Å²) in [7, 11) is 5.50. The summed E-state index contributed by atoms with van der Waals surface area (Å²) in [5, 5.41) is 2.19. The van der Waals surface area contributed by atoms with Gasteiger partial charge in [-0.25, -0.2) is 4.98 Å². The molecule has 2 nitrogen and oxygen atoms in total. The zero-order valence-corrected chi connectivity index (χ0v) is 7.40. The molecule has 0 bridgehead atoms. The van der Waals surface area contributed by atoms with E-state index in [1.165, 1.54) is 0 Å². The van der Waals surface area contributed by atoms with Gasteiger partial charge in [-0.2, -0.15) is 0 Å². The fourth-order valence-electron chi connectivity index (χ4n) is 1.67. The minimum Gasteiger partial charge on any atom is -0.452 e. The third-order valence-corrected chi connectivity index (χ3v) is 2.30. The van der Waals surface area contributed by atoms with E-state index in [9.17, 15) is 0 Å².